The Morgan fingerprint density at radius 3 is 2.77 bits per heavy atom. The van der Waals surface area contributed by atoms with Crippen LogP contribution in [-0.4, -0.2) is 40.9 Å². The number of H-pyrrole nitrogens is 1. The van der Waals surface area contributed by atoms with Crippen LogP contribution in [0.1, 0.15) is 30.2 Å². The maximum atomic E-state index is 12.5. The predicted molar refractivity (Wildman–Crippen MR) is 92.1 cm³/mol. The van der Waals surface area contributed by atoms with E-state index in [1.807, 2.05) is 30.3 Å². The van der Waals surface area contributed by atoms with Crippen LogP contribution < -0.4 is 11.0 Å². The molecule has 2 aromatic heterocycles. The molecule has 26 heavy (non-hydrogen) atoms. The zero-order valence-corrected chi connectivity index (χ0v) is 14.6. The number of nitrogens with one attached hydrogen (secondary N) is 2. The second-order valence-electron chi connectivity index (χ2n) is 5.93. The number of hydrogen-bond acceptors (Lipinski definition) is 6. The van der Waals surface area contributed by atoms with Gasteiger partial charge in [-0.15, -0.1) is 10.2 Å². The van der Waals surface area contributed by atoms with Crippen molar-refractivity contribution in [1.29, 1.82) is 0 Å². The fraction of sp³-hybridized carbons (Fsp3) is 0.375. The Bertz CT molecular complexity index is 914. The van der Waals surface area contributed by atoms with E-state index >= 15 is 0 Å². The number of nitrogens with zero attached hydrogens (tertiary/aromatic N) is 6. The van der Waals surface area contributed by atoms with Gasteiger partial charge in [0, 0.05) is 6.54 Å². The van der Waals surface area contributed by atoms with Crippen LogP contribution in [0.5, 0.6) is 0 Å². The van der Waals surface area contributed by atoms with Gasteiger partial charge in [-0.1, -0.05) is 35.5 Å². The zero-order chi connectivity index (χ0) is 18.5. The molecule has 2 N–H and O–H groups in total. The number of benzene rings is 1. The first-order valence-corrected chi connectivity index (χ1v) is 8.25. The number of carbonyl (C=O) groups excluding carboxylic acids is 1. The first-order chi connectivity index (χ1) is 12.5. The summed E-state index contributed by atoms with van der Waals surface area (Å²) in [6.45, 7) is 3.83. The summed E-state index contributed by atoms with van der Waals surface area (Å²) in [6, 6.07) is 9.48. The topological polar surface area (TPSA) is 123 Å². The van der Waals surface area contributed by atoms with Crippen LogP contribution in [-0.2, 0) is 24.3 Å². The highest BCUT2D eigenvalue weighted by atomic mass is 16.2. The van der Waals surface area contributed by atoms with Crippen LogP contribution in [0, 0.1) is 6.92 Å². The average molecular weight is 356 g/mol. The molecule has 0 aliphatic rings. The normalized spacial score (nSPS) is 12.1. The minimum absolute atomic E-state index is 0.166. The molecule has 10 heteroatoms. The van der Waals surface area contributed by atoms with Crippen molar-refractivity contribution in [2.24, 2.45) is 0 Å². The number of tetrazole rings is 1. The van der Waals surface area contributed by atoms with Crippen molar-refractivity contribution in [3.05, 3.63) is 58.0 Å². The summed E-state index contributed by atoms with van der Waals surface area (Å²) >= 11 is 0. The van der Waals surface area contributed by atoms with Crippen molar-refractivity contribution in [2.45, 2.75) is 39.4 Å². The van der Waals surface area contributed by atoms with Crippen molar-refractivity contribution in [3.63, 3.8) is 0 Å². The number of hydrogen-bond donors (Lipinski definition) is 2. The van der Waals surface area contributed by atoms with E-state index < -0.39 is 6.04 Å². The molecule has 0 bridgehead atoms. The van der Waals surface area contributed by atoms with E-state index in [1.54, 1.807) is 18.4 Å². The number of amides is 1. The molecule has 2 heterocycles. The van der Waals surface area contributed by atoms with E-state index in [-0.39, 0.29) is 18.1 Å². The van der Waals surface area contributed by atoms with Gasteiger partial charge in [-0.25, -0.2) is 9.48 Å². The van der Waals surface area contributed by atoms with Gasteiger partial charge in [0.15, 0.2) is 5.82 Å². The summed E-state index contributed by atoms with van der Waals surface area (Å²) in [4.78, 5) is 24.7. The smallest absolute Gasteiger partial charge is 0.345 e. The van der Waals surface area contributed by atoms with Gasteiger partial charge >= 0.3 is 5.69 Å². The second-order valence-corrected chi connectivity index (χ2v) is 5.93. The molecule has 0 spiro atoms. The van der Waals surface area contributed by atoms with Crippen LogP contribution in [0.2, 0.25) is 0 Å². The first kappa shape index (κ1) is 17.5. The lowest BCUT2D eigenvalue weighted by Crippen LogP contribution is -2.35. The quantitative estimate of drug-likeness (QED) is 0.613. The molecule has 10 nitrogen and oxygen atoms in total. The molecule has 0 saturated heterocycles. The minimum atomic E-state index is -0.418. The number of aromatic amines is 1. The van der Waals surface area contributed by atoms with Crippen LogP contribution in [0.3, 0.4) is 0 Å². The number of carbonyl (C=O) groups is 1. The Kier molecular flexibility index (Phi) is 5.20. The molecule has 1 aromatic carbocycles. The van der Waals surface area contributed by atoms with E-state index in [0.717, 1.165) is 5.56 Å². The van der Waals surface area contributed by atoms with Gasteiger partial charge < -0.3 is 5.32 Å². The molecule has 0 aliphatic heterocycles. The fourth-order valence-corrected chi connectivity index (χ4v) is 2.64. The lowest BCUT2D eigenvalue weighted by atomic mass is 10.1. The third kappa shape index (κ3) is 4.02. The van der Waals surface area contributed by atoms with Gasteiger partial charge in [0.2, 0.25) is 5.91 Å². The van der Waals surface area contributed by atoms with Gasteiger partial charge in [-0.05, 0) is 25.8 Å². The summed E-state index contributed by atoms with van der Waals surface area (Å²) in [7, 11) is 0. The Balaban J connectivity index is 1.63. The number of aromatic nitrogens is 7. The highest BCUT2D eigenvalue weighted by Gasteiger charge is 2.17. The van der Waals surface area contributed by atoms with Crippen molar-refractivity contribution in [2.75, 3.05) is 0 Å². The molecule has 0 saturated carbocycles. The third-order valence-corrected chi connectivity index (χ3v) is 3.99. The maximum Gasteiger partial charge on any atom is 0.346 e. The van der Waals surface area contributed by atoms with Gasteiger partial charge in [0.1, 0.15) is 12.4 Å². The van der Waals surface area contributed by atoms with Crippen molar-refractivity contribution in [3.8, 4) is 0 Å². The zero-order valence-electron chi connectivity index (χ0n) is 14.6. The van der Waals surface area contributed by atoms with Gasteiger partial charge in [0.05, 0.1) is 6.04 Å². The van der Waals surface area contributed by atoms with Crippen molar-refractivity contribution >= 4 is 5.91 Å². The molecule has 3 aromatic rings. The Labute approximate surface area is 149 Å². The Morgan fingerprint density at radius 2 is 2.08 bits per heavy atom. The minimum Gasteiger partial charge on any atom is -0.345 e. The van der Waals surface area contributed by atoms with Crippen molar-refractivity contribution < 1.29 is 4.79 Å². The van der Waals surface area contributed by atoms with E-state index in [0.29, 0.717) is 24.6 Å². The average Bonchev–Trinajstić information content (AvgIpc) is 3.24. The van der Waals surface area contributed by atoms with Gasteiger partial charge in [-0.3, -0.25) is 9.36 Å². The monoisotopic (exact) mass is 356 g/mol. The fourth-order valence-electron chi connectivity index (χ4n) is 2.64. The summed E-state index contributed by atoms with van der Waals surface area (Å²) < 4.78 is 2.74. The molecule has 1 atom stereocenters. The summed E-state index contributed by atoms with van der Waals surface area (Å²) in [6.07, 6.45) is 0.717. The lowest BCUT2D eigenvalue weighted by molar-refractivity contribution is -0.122. The van der Waals surface area contributed by atoms with Gasteiger partial charge in [0.25, 0.3) is 0 Å². The van der Waals surface area contributed by atoms with Crippen LogP contribution >= 0.6 is 0 Å². The molecule has 136 valence electrons. The highest BCUT2D eigenvalue weighted by Crippen LogP contribution is 2.04. The summed E-state index contributed by atoms with van der Waals surface area (Å²) in [5.41, 5.74) is 0.832. The predicted octanol–water partition coefficient (Wildman–Crippen LogP) is -0.0136. The molecule has 1 unspecified atom stereocenters. The van der Waals surface area contributed by atoms with Crippen LogP contribution in [0.25, 0.3) is 0 Å². The Morgan fingerprint density at radius 1 is 1.31 bits per heavy atom. The second kappa shape index (κ2) is 7.72. The largest absolute Gasteiger partial charge is 0.346 e. The lowest BCUT2D eigenvalue weighted by Gasteiger charge is -2.09. The van der Waals surface area contributed by atoms with E-state index in [4.69, 9.17) is 0 Å². The number of rotatable bonds is 7. The number of aryl methyl sites for hydroxylation is 2. The summed E-state index contributed by atoms with van der Waals surface area (Å²) in [5.74, 6) is 0.595. The molecule has 3 rings (SSSR count). The SMILES string of the molecule is Cc1nn(CC(=O)NC(C)c2nn[nH]n2)c(=O)n1CCc1ccccc1. The third-order valence-electron chi connectivity index (χ3n) is 3.99. The van der Waals surface area contributed by atoms with Crippen LogP contribution in [0.4, 0.5) is 0 Å². The van der Waals surface area contributed by atoms with E-state index in [2.05, 4.69) is 31.0 Å². The van der Waals surface area contributed by atoms with Crippen molar-refractivity contribution in [1.82, 2.24) is 40.3 Å². The van der Waals surface area contributed by atoms with Gasteiger partial charge in [-0.2, -0.15) is 10.3 Å². The summed E-state index contributed by atoms with van der Waals surface area (Å²) in [5, 5.41) is 20.3. The molecule has 1 amide bonds. The molecule has 0 aliphatic carbocycles. The molecular formula is C16H20N8O2. The van der Waals surface area contributed by atoms with E-state index in [1.165, 1.54) is 4.68 Å². The first-order valence-electron chi connectivity index (χ1n) is 8.25. The standard InChI is InChI=1S/C16H20N8O2/c1-11(15-18-21-22-19-15)17-14(25)10-24-16(26)23(12(2)20-24)9-8-13-6-4-3-5-7-13/h3-7,11H,8-10H2,1-2H3,(H,17,25)(H,18,19,21,22). The van der Waals surface area contributed by atoms with Crippen LogP contribution in [0.15, 0.2) is 35.1 Å². The molecular weight excluding hydrogens is 336 g/mol. The molecule has 0 fully saturated rings. The Hall–Kier alpha value is -3.30. The molecule has 0 radical (unpaired) electrons. The highest BCUT2D eigenvalue weighted by molar-refractivity contribution is 5.75. The maximum absolute atomic E-state index is 12.5. The van der Waals surface area contributed by atoms with E-state index in [9.17, 15) is 9.59 Å².